The molecule has 1 N–H and O–H groups in total. The van der Waals surface area contributed by atoms with Gasteiger partial charge in [-0.15, -0.1) is 0 Å². The van der Waals surface area contributed by atoms with Gasteiger partial charge in [-0.2, -0.15) is 0 Å². The molecule has 4 heteroatoms. The fraction of sp³-hybridized carbons (Fsp3) is 0.0303. The average molecular weight is 477 g/mol. The van der Waals surface area contributed by atoms with Crippen molar-refractivity contribution in [3.63, 3.8) is 0 Å². The number of rotatable bonds is 4. The first-order valence-electron chi connectivity index (χ1n) is 12.5. The van der Waals surface area contributed by atoms with Gasteiger partial charge in [-0.05, 0) is 41.5 Å². The normalized spacial score (nSPS) is 15.0. The Morgan fingerprint density at radius 2 is 1.46 bits per heavy atom. The summed E-state index contributed by atoms with van der Waals surface area (Å²) in [7, 11) is 0. The number of hydrogen-bond acceptors (Lipinski definition) is 3. The Bertz CT molecular complexity index is 1760. The summed E-state index contributed by atoms with van der Waals surface area (Å²) >= 11 is 0. The third-order valence-electron chi connectivity index (χ3n) is 6.96. The third-order valence-corrected chi connectivity index (χ3v) is 6.96. The van der Waals surface area contributed by atoms with Crippen molar-refractivity contribution >= 4 is 27.5 Å². The van der Waals surface area contributed by atoms with Crippen LogP contribution in [-0.2, 0) is 0 Å². The second kappa shape index (κ2) is 8.92. The van der Waals surface area contributed by atoms with Gasteiger partial charge in [-0.25, -0.2) is 4.98 Å². The predicted molar refractivity (Wildman–Crippen MR) is 151 cm³/mol. The molecule has 0 saturated carbocycles. The first-order chi connectivity index (χ1) is 18.4. The Kier molecular flexibility index (Phi) is 5.14. The number of aromatic nitrogens is 3. The first-order valence-corrected chi connectivity index (χ1v) is 12.5. The lowest BCUT2D eigenvalue weighted by molar-refractivity contribution is 0.733. The lowest BCUT2D eigenvalue weighted by atomic mass is 9.95. The molecule has 1 aliphatic rings. The maximum atomic E-state index is 5.14. The van der Waals surface area contributed by atoms with E-state index in [-0.39, 0.29) is 6.04 Å². The van der Waals surface area contributed by atoms with Crippen LogP contribution in [0.15, 0.2) is 134 Å². The van der Waals surface area contributed by atoms with Crippen LogP contribution in [0, 0.1) is 0 Å². The Hall–Kier alpha value is -4.96. The van der Waals surface area contributed by atoms with E-state index in [1.54, 1.807) is 0 Å². The van der Waals surface area contributed by atoms with E-state index < -0.39 is 0 Å². The van der Waals surface area contributed by atoms with Gasteiger partial charge in [0, 0.05) is 28.2 Å². The van der Waals surface area contributed by atoms with Crippen LogP contribution < -0.4 is 5.32 Å². The highest BCUT2D eigenvalue weighted by Crippen LogP contribution is 2.33. The molecule has 0 amide bonds. The molecule has 176 valence electrons. The van der Waals surface area contributed by atoms with Crippen LogP contribution in [0.5, 0.6) is 0 Å². The molecule has 1 unspecified atom stereocenters. The zero-order chi connectivity index (χ0) is 24.6. The summed E-state index contributed by atoms with van der Waals surface area (Å²) in [6.07, 6.45) is 10.2. The number of benzene rings is 3. The fourth-order valence-corrected chi connectivity index (χ4v) is 5.26. The highest BCUT2D eigenvalue weighted by Gasteiger charge is 2.19. The third kappa shape index (κ3) is 3.71. The maximum Gasteiger partial charge on any atom is 0.138 e. The van der Waals surface area contributed by atoms with Crippen molar-refractivity contribution in [1.82, 2.24) is 19.9 Å². The van der Waals surface area contributed by atoms with Gasteiger partial charge in [-0.3, -0.25) is 9.55 Å². The van der Waals surface area contributed by atoms with E-state index in [0.29, 0.717) is 0 Å². The second-order valence-electron chi connectivity index (χ2n) is 9.16. The van der Waals surface area contributed by atoms with Gasteiger partial charge in [0.15, 0.2) is 0 Å². The summed E-state index contributed by atoms with van der Waals surface area (Å²) in [6, 6.07) is 35.8. The number of para-hydroxylation sites is 1. The topological polar surface area (TPSA) is 42.7 Å². The molecule has 3 aromatic heterocycles. The van der Waals surface area contributed by atoms with E-state index in [4.69, 9.17) is 4.98 Å². The number of hydrogen-bond donors (Lipinski definition) is 1. The van der Waals surface area contributed by atoms with E-state index in [0.717, 1.165) is 28.2 Å². The van der Waals surface area contributed by atoms with Crippen molar-refractivity contribution in [3.8, 4) is 16.9 Å². The summed E-state index contributed by atoms with van der Waals surface area (Å²) in [5.74, 6) is 0.882. The highest BCUT2D eigenvalue weighted by atomic mass is 15.1. The van der Waals surface area contributed by atoms with Crippen LogP contribution in [0.4, 0.5) is 0 Å². The van der Waals surface area contributed by atoms with Gasteiger partial charge in [-0.1, -0.05) is 91.0 Å². The Morgan fingerprint density at radius 3 is 2.38 bits per heavy atom. The summed E-state index contributed by atoms with van der Waals surface area (Å²) in [5.41, 5.74) is 7.80. The Labute approximate surface area is 215 Å². The van der Waals surface area contributed by atoms with E-state index in [1.165, 1.54) is 27.5 Å². The standard InChI is InChI=1S/C33H24N4/c1-2-10-23(11-3-1)24-12-4-5-13-25(24)28-15-8-16-29(35-28)30-17-9-19-33(36-30)37-31-18-7-6-14-26(31)27-20-21-34-22-32(27)37/h1-22,29,35H. The van der Waals surface area contributed by atoms with Crippen LogP contribution in [0.2, 0.25) is 0 Å². The number of nitrogens with one attached hydrogen (secondary N) is 1. The van der Waals surface area contributed by atoms with Gasteiger partial charge in [0.25, 0.3) is 0 Å². The molecule has 0 aliphatic carbocycles. The van der Waals surface area contributed by atoms with Gasteiger partial charge >= 0.3 is 0 Å². The molecular weight excluding hydrogens is 452 g/mol. The Morgan fingerprint density at radius 1 is 0.676 bits per heavy atom. The van der Waals surface area contributed by atoms with Crippen LogP contribution in [-0.4, -0.2) is 14.5 Å². The van der Waals surface area contributed by atoms with Crippen molar-refractivity contribution < 1.29 is 0 Å². The lowest BCUT2D eigenvalue weighted by Gasteiger charge is -2.24. The number of pyridine rings is 2. The van der Waals surface area contributed by atoms with E-state index in [9.17, 15) is 0 Å². The molecule has 7 rings (SSSR count). The molecule has 3 aromatic carbocycles. The highest BCUT2D eigenvalue weighted by molar-refractivity contribution is 6.08. The molecule has 1 aliphatic heterocycles. The van der Waals surface area contributed by atoms with Crippen LogP contribution in [0.3, 0.4) is 0 Å². The van der Waals surface area contributed by atoms with Crippen LogP contribution in [0.25, 0.3) is 44.4 Å². The summed E-state index contributed by atoms with van der Waals surface area (Å²) in [6.45, 7) is 0. The molecule has 0 bridgehead atoms. The van der Waals surface area contributed by atoms with Crippen molar-refractivity contribution in [2.45, 2.75) is 6.04 Å². The average Bonchev–Trinajstić information content (AvgIpc) is 3.32. The number of allylic oxidation sites excluding steroid dienone is 2. The summed E-state index contributed by atoms with van der Waals surface area (Å²) in [5, 5.41) is 6.11. The number of nitrogens with zero attached hydrogens (tertiary/aromatic N) is 3. The molecule has 4 nitrogen and oxygen atoms in total. The molecule has 4 heterocycles. The zero-order valence-corrected chi connectivity index (χ0v) is 20.1. The molecule has 6 aromatic rings. The molecule has 0 radical (unpaired) electrons. The Balaban J connectivity index is 1.27. The SMILES string of the molecule is C1=CC(c2cccc(-n3c4ccccc4c4ccncc43)n2)NC(c2ccccc2-c2ccccc2)=C1. The van der Waals surface area contributed by atoms with Gasteiger partial charge in [0.05, 0.1) is 29.0 Å². The summed E-state index contributed by atoms with van der Waals surface area (Å²) in [4.78, 5) is 9.55. The minimum atomic E-state index is -0.0463. The van der Waals surface area contributed by atoms with Crippen molar-refractivity contribution in [1.29, 1.82) is 0 Å². The van der Waals surface area contributed by atoms with E-state index >= 15 is 0 Å². The quantitative estimate of drug-likeness (QED) is 0.287. The minimum absolute atomic E-state index is 0.0463. The van der Waals surface area contributed by atoms with Crippen molar-refractivity contribution in [2.24, 2.45) is 0 Å². The van der Waals surface area contributed by atoms with Crippen LogP contribution in [0.1, 0.15) is 17.3 Å². The smallest absolute Gasteiger partial charge is 0.138 e. The monoisotopic (exact) mass is 476 g/mol. The fourth-order valence-electron chi connectivity index (χ4n) is 5.26. The molecular formula is C33H24N4. The number of fused-ring (bicyclic) bond motifs is 3. The van der Waals surface area contributed by atoms with Gasteiger partial charge < -0.3 is 5.32 Å². The molecule has 0 spiro atoms. The van der Waals surface area contributed by atoms with E-state index in [2.05, 4.69) is 136 Å². The number of dihydropyridines is 1. The molecule has 1 atom stereocenters. The summed E-state index contributed by atoms with van der Waals surface area (Å²) < 4.78 is 2.20. The minimum Gasteiger partial charge on any atom is -0.373 e. The predicted octanol–water partition coefficient (Wildman–Crippen LogP) is 7.48. The molecule has 37 heavy (non-hydrogen) atoms. The van der Waals surface area contributed by atoms with Crippen LogP contribution >= 0.6 is 0 Å². The zero-order valence-electron chi connectivity index (χ0n) is 20.1. The molecule has 0 fully saturated rings. The second-order valence-corrected chi connectivity index (χ2v) is 9.16. The van der Waals surface area contributed by atoms with E-state index in [1.807, 2.05) is 12.4 Å². The first kappa shape index (κ1) is 21.3. The maximum absolute atomic E-state index is 5.14. The largest absolute Gasteiger partial charge is 0.373 e. The lowest BCUT2D eigenvalue weighted by Crippen LogP contribution is -2.22. The molecule has 0 saturated heterocycles. The van der Waals surface area contributed by atoms with Gasteiger partial charge in [0.1, 0.15) is 5.82 Å². The van der Waals surface area contributed by atoms with Crippen molar-refractivity contribution in [3.05, 3.63) is 145 Å². The van der Waals surface area contributed by atoms with Crippen molar-refractivity contribution in [2.75, 3.05) is 0 Å². The van der Waals surface area contributed by atoms with Gasteiger partial charge in [0.2, 0.25) is 0 Å².